The lowest BCUT2D eigenvalue weighted by Gasteiger charge is -2.28. The topological polar surface area (TPSA) is 52.3 Å². The van der Waals surface area contributed by atoms with Crippen molar-refractivity contribution in [1.82, 2.24) is 0 Å². The van der Waals surface area contributed by atoms with Gasteiger partial charge in [0.15, 0.2) is 0 Å². The van der Waals surface area contributed by atoms with Gasteiger partial charge < -0.3 is 10.5 Å². The first-order chi connectivity index (χ1) is 9.46. The van der Waals surface area contributed by atoms with Gasteiger partial charge in [-0.3, -0.25) is 4.79 Å². The first kappa shape index (κ1) is 17.7. The van der Waals surface area contributed by atoms with Gasteiger partial charge in [0, 0.05) is 0 Å². The fraction of sp³-hybridized carbons (Fsp3) is 0.556. The van der Waals surface area contributed by atoms with Crippen LogP contribution in [0.3, 0.4) is 0 Å². The van der Waals surface area contributed by atoms with E-state index >= 15 is 0 Å². The van der Waals surface area contributed by atoms with Crippen molar-refractivity contribution >= 4 is 5.97 Å². The summed E-state index contributed by atoms with van der Waals surface area (Å²) in [6.07, 6.45) is 0.464. The molecule has 1 aromatic carbocycles. The Balaban J connectivity index is 3.24. The van der Waals surface area contributed by atoms with Crippen molar-refractivity contribution in [1.29, 1.82) is 0 Å². The van der Waals surface area contributed by atoms with E-state index in [1.54, 1.807) is 0 Å². The summed E-state index contributed by atoms with van der Waals surface area (Å²) < 4.78 is 4.47. The highest BCUT2D eigenvalue weighted by atomic mass is 16.5. The summed E-state index contributed by atoms with van der Waals surface area (Å²) in [6, 6.07) is 5.76. The molecule has 3 nitrogen and oxygen atoms in total. The summed E-state index contributed by atoms with van der Waals surface area (Å²) in [6.45, 7) is 13.1. The minimum absolute atomic E-state index is 0.00924. The number of nitrogens with two attached hydrogens (primary N) is 1. The lowest BCUT2D eigenvalue weighted by molar-refractivity contribution is -0.139. The smallest absolute Gasteiger partial charge is 0.323 e. The number of rotatable bonds is 3. The van der Waals surface area contributed by atoms with Crippen LogP contribution in [0.2, 0.25) is 0 Å². The van der Waals surface area contributed by atoms with Gasteiger partial charge in [-0.15, -0.1) is 0 Å². The van der Waals surface area contributed by atoms with Crippen molar-refractivity contribution in [2.75, 3.05) is 0 Å². The number of carbonyl (C=O) groups is 1. The maximum atomic E-state index is 11.5. The minimum Gasteiger partial charge on any atom is -0.461 e. The number of benzene rings is 1. The van der Waals surface area contributed by atoms with E-state index in [1.165, 1.54) is 11.1 Å². The van der Waals surface area contributed by atoms with E-state index in [4.69, 9.17) is 5.73 Å². The zero-order chi connectivity index (χ0) is 16.4. The van der Waals surface area contributed by atoms with Crippen LogP contribution in [0.1, 0.15) is 58.2 Å². The first-order valence-electron chi connectivity index (χ1n) is 7.32. The van der Waals surface area contributed by atoms with Gasteiger partial charge in [0.25, 0.3) is 0 Å². The molecule has 0 saturated carbocycles. The van der Waals surface area contributed by atoms with Crippen molar-refractivity contribution in [2.24, 2.45) is 5.73 Å². The maximum Gasteiger partial charge on any atom is 0.323 e. The van der Waals surface area contributed by atoms with Crippen molar-refractivity contribution in [2.45, 2.75) is 64.8 Å². The molecule has 0 saturated heterocycles. The molecule has 2 N–H and O–H groups in total. The molecule has 0 aliphatic rings. The second-order valence-corrected chi connectivity index (χ2v) is 7.65. The van der Waals surface area contributed by atoms with Crippen LogP contribution in [0.15, 0.2) is 18.2 Å². The Morgan fingerprint density at radius 1 is 1.19 bits per heavy atom. The van der Waals surface area contributed by atoms with Crippen molar-refractivity contribution in [3.05, 3.63) is 42.0 Å². The Kier molecular flexibility index (Phi) is 5.21. The van der Waals surface area contributed by atoms with E-state index in [9.17, 15) is 4.79 Å². The molecular weight excluding hydrogens is 262 g/mol. The zero-order valence-electron chi connectivity index (χ0n) is 14.1. The number of carbonyl (C=O) groups excluding carboxylic acids is 1. The van der Waals surface area contributed by atoms with Crippen LogP contribution < -0.4 is 5.73 Å². The molecule has 1 radical (unpaired) electrons. The fourth-order valence-corrected chi connectivity index (χ4v) is 2.35. The second-order valence-electron chi connectivity index (χ2n) is 7.65. The molecule has 21 heavy (non-hydrogen) atoms. The molecule has 117 valence electrons. The van der Waals surface area contributed by atoms with Crippen molar-refractivity contribution < 1.29 is 9.53 Å². The average molecular weight is 290 g/mol. The van der Waals surface area contributed by atoms with E-state index in [0.29, 0.717) is 6.42 Å². The molecule has 0 aliphatic carbocycles. The summed E-state index contributed by atoms with van der Waals surface area (Å²) in [5, 5.41) is 0. The van der Waals surface area contributed by atoms with Gasteiger partial charge in [0.1, 0.15) is 13.2 Å². The molecule has 0 unspecified atom stereocenters. The van der Waals surface area contributed by atoms with Gasteiger partial charge in [0.05, 0.1) is 0 Å². The Morgan fingerprint density at radius 3 is 2.19 bits per heavy atom. The minimum atomic E-state index is -0.677. The highest BCUT2D eigenvalue weighted by Crippen LogP contribution is 2.32. The van der Waals surface area contributed by atoms with Gasteiger partial charge in [0.2, 0.25) is 0 Å². The average Bonchev–Trinajstić information content (AvgIpc) is 2.35. The van der Waals surface area contributed by atoms with E-state index in [0.717, 1.165) is 5.56 Å². The number of esters is 1. The van der Waals surface area contributed by atoms with E-state index in [1.807, 2.05) is 0 Å². The Labute approximate surface area is 128 Å². The van der Waals surface area contributed by atoms with Gasteiger partial charge in [-0.1, -0.05) is 59.7 Å². The third kappa shape index (κ3) is 4.57. The van der Waals surface area contributed by atoms with Gasteiger partial charge >= 0.3 is 5.97 Å². The van der Waals surface area contributed by atoms with Crippen LogP contribution >= 0.6 is 0 Å². The summed E-state index contributed by atoms with van der Waals surface area (Å²) in [5.74, 6) is -0.477. The number of ether oxygens (including phenoxy) is 1. The van der Waals surface area contributed by atoms with E-state index < -0.39 is 12.0 Å². The van der Waals surface area contributed by atoms with Crippen LogP contribution in [-0.4, -0.2) is 12.0 Å². The molecule has 1 aromatic rings. The molecule has 0 spiro atoms. The Bertz CT molecular complexity index is 507. The highest BCUT2D eigenvalue weighted by molar-refractivity contribution is 5.76. The number of hydrogen-bond acceptors (Lipinski definition) is 3. The summed E-state index contributed by atoms with van der Waals surface area (Å²) in [4.78, 5) is 11.5. The predicted octanol–water partition coefficient (Wildman–Crippen LogP) is 3.49. The van der Waals surface area contributed by atoms with Crippen LogP contribution in [0.4, 0.5) is 0 Å². The molecule has 0 amide bonds. The monoisotopic (exact) mass is 290 g/mol. The largest absolute Gasteiger partial charge is 0.461 e. The molecule has 1 atom stereocenters. The predicted molar refractivity (Wildman–Crippen MR) is 87.0 cm³/mol. The fourth-order valence-electron chi connectivity index (χ4n) is 2.35. The maximum absolute atomic E-state index is 11.5. The van der Waals surface area contributed by atoms with E-state index in [2.05, 4.69) is 71.6 Å². The van der Waals surface area contributed by atoms with Gasteiger partial charge in [-0.05, 0) is 33.9 Å². The zero-order valence-corrected chi connectivity index (χ0v) is 14.1. The molecule has 0 fully saturated rings. The summed E-state index contributed by atoms with van der Waals surface area (Å²) >= 11 is 0. The Hall–Kier alpha value is -1.35. The summed E-state index contributed by atoms with van der Waals surface area (Å²) in [5.41, 5.74) is 9.56. The first-order valence-corrected chi connectivity index (χ1v) is 7.32. The van der Waals surface area contributed by atoms with Crippen LogP contribution in [-0.2, 0) is 26.8 Å². The Morgan fingerprint density at radius 2 is 1.76 bits per heavy atom. The third-order valence-corrected chi connectivity index (χ3v) is 3.67. The SMILES string of the molecule is [CH2]OC(=O)[C@@H](N)Cc1ccc(C(C)(C)C)cc1C(C)(C)C. The van der Waals surface area contributed by atoms with Crippen molar-refractivity contribution in [3.8, 4) is 0 Å². The summed E-state index contributed by atoms with van der Waals surface area (Å²) in [7, 11) is 3.14. The van der Waals surface area contributed by atoms with Crippen LogP contribution in [0, 0.1) is 7.11 Å². The van der Waals surface area contributed by atoms with Crippen LogP contribution in [0.5, 0.6) is 0 Å². The molecule has 0 aromatic heterocycles. The van der Waals surface area contributed by atoms with Crippen LogP contribution in [0.25, 0.3) is 0 Å². The highest BCUT2D eigenvalue weighted by Gasteiger charge is 2.24. The lowest BCUT2D eigenvalue weighted by atomic mass is 9.77. The van der Waals surface area contributed by atoms with Crippen molar-refractivity contribution in [3.63, 3.8) is 0 Å². The molecule has 3 heteroatoms. The quantitative estimate of drug-likeness (QED) is 0.867. The lowest BCUT2D eigenvalue weighted by Crippen LogP contribution is -2.34. The van der Waals surface area contributed by atoms with Gasteiger partial charge in [-0.2, -0.15) is 0 Å². The standard InChI is InChI=1S/C18H28NO2/c1-17(2,3)13-9-8-12(10-15(19)16(20)21-7)14(11-13)18(4,5)6/h8-9,11,15H,7,10,19H2,1-6H3/t15-/m0/s1. The normalized spacial score (nSPS) is 13.9. The van der Waals surface area contributed by atoms with E-state index in [-0.39, 0.29) is 10.8 Å². The van der Waals surface area contributed by atoms with Gasteiger partial charge in [-0.25, -0.2) is 0 Å². The molecular formula is C18H28NO2. The third-order valence-electron chi connectivity index (χ3n) is 3.67. The molecule has 1 rings (SSSR count). The molecule has 0 aliphatic heterocycles. The molecule has 0 heterocycles. The molecule has 0 bridgehead atoms. The number of hydrogen-bond donors (Lipinski definition) is 1. The second kappa shape index (κ2) is 6.18.